The summed E-state index contributed by atoms with van der Waals surface area (Å²) in [7, 11) is 0. The van der Waals surface area contributed by atoms with Gasteiger partial charge in [0.05, 0.1) is 45.3 Å². The van der Waals surface area contributed by atoms with Crippen molar-refractivity contribution in [1.29, 1.82) is 0 Å². The minimum atomic E-state index is -0.0353. The molecule has 4 rings (SSSR count). The molecule has 0 radical (unpaired) electrons. The summed E-state index contributed by atoms with van der Waals surface area (Å²) in [6.07, 6.45) is 17.4. The predicted molar refractivity (Wildman–Crippen MR) is 316 cm³/mol. The maximum Gasteiger partial charge on any atom is 0.142 e. The Morgan fingerprint density at radius 1 is 0.405 bits per heavy atom. The second-order valence-corrected chi connectivity index (χ2v) is 22.6. The van der Waals surface area contributed by atoms with E-state index in [1.807, 2.05) is 80.5 Å². The van der Waals surface area contributed by atoms with Gasteiger partial charge in [-0.15, -0.1) is 0 Å². The van der Waals surface area contributed by atoms with Gasteiger partial charge in [0.1, 0.15) is 57.8 Å². The largest absolute Gasteiger partial charge is 0.379 e. The van der Waals surface area contributed by atoms with Gasteiger partial charge in [-0.25, -0.2) is 0 Å². The lowest BCUT2D eigenvalue weighted by Gasteiger charge is -2.26. The van der Waals surface area contributed by atoms with Gasteiger partial charge >= 0.3 is 0 Å². The summed E-state index contributed by atoms with van der Waals surface area (Å²) in [6, 6.07) is 5.72. The number of carbonyl (C=O) groups excluding carboxylic acids is 10. The summed E-state index contributed by atoms with van der Waals surface area (Å²) in [5.74, 6) is 0.589. The number of piperidine rings is 1. The molecule has 1 aromatic rings. The van der Waals surface area contributed by atoms with E-state index in [-0.39, 0.29) is 120 Å². The number of nitrogens with two attached hydrogens (primary N) is 1. The molecule has 0 spiro atoms. The Bertz CT molecular complexity index is 1770. The van der Waals surface area contributed by atoms with Crippen molar-refractivity contribution in [2.45, 2.75) is 205 Å². The molecule has 79 heavy (non-hydrogen) atoms. The van der Waals surface area contributed by atoms with Crippen molar-refractivity contribution in [3.8, 4) is 0 Å². The molecule has 0 aromatic carbocycles. The number of rotatable bonds is 32. The fourth-order valence-corrected chi connectivity index (χ4v) is 7.84. The normalized spacial score (nSPS) is 14.5. The first-order valence-electron chi connectivity index (χ1n) is 29.9. The molecule has 2 N–H and O–H groups in total. The molecular weight excluding hydrogens is 1000 g/mol. The zero-order valence-electron chi connectivity index (χ0n) is 51.3. The van der Waals surface area contributed by atoms with Crippen LogP contribution < -0.4 is 5.73 Å². The van der Waals surface area contributed by atoms with E-state index in [0.29, 0.717) is 45.1 Å². The van der Waals surface area contributed by atoms with Crippen LogP contribution in [-0.2, 0) is 52.7 Å². The molecule has 4 heterocycles. The second-order valence-electron chi connectivity index (χ2n) is 22.6. The van der Waals surface area contributed by atoms with Gasteiger partial charge in [-0.1, -0.05) is 88.6 Å². The molecule has 16 heteroatoms. The number of nitrogens with zero attached hydrogens (tertiary/aromatic N) is 4. The highest BCUT2D eigenvalue weighted by atomic mass is 16.5. The van der Waals surface area contributed by atoms with E-state index in [2.05, 4.69) is 19.7 Å². The van der Waals surface area contributed by atoms with E-state index in [0.717, 1.165) is 71.6 Å². The molecule has 3 saturated heterocycles. The van der Waals surface area contributed by atoms with Crippen molar-refractivity contribution >= 4 is 57.8 Å². The Hall–Kier alpha value is -4.35. The van der Waals surface area contributed by atoms with Crippen molar-refractivity contribution in [3.63, 3.8) is 0 Å². The average molecular weight is 1110 g/mol. The van der Waals surface area contributed by atoms with E-state index in [1.165, 1.54) is 58.3 Å². The summed E-state index contributed by atoms with van der Waals surface area (Å²) in [6.45, 7) is 32.0. The van der Waals surface area contributed by atoms with E-state index < -0.39 is 0 Å². The summed E-state index contributed by atoms with van der Waals surface area (Å²) in [5.41, 5.74) is 5.23. The van der Waals surface area contributed by atoms with Gasteiger partial charge < -0.3 is 20.3 Å². The van der Waals surface area contributed by atoms with Crippen LogP contribution in [0.15, 0.2) is 30.6 Å². The Labute approximate surface area is 477 Å². The van der Waals surface area contributed by atoms with Crippen LogP contribution in [0.2, 0.25) is 0 Å². The number of ether oxygens (including phenoxy) is 1. The van der Waals surface area contributed by atoms with E-state index in [1.54, 1.807) is 26.2 Å². The SMILES string of the molecule is CC(C)C(=O)CC(=O)CCCN.CC(C)C(=O)CC(=O)CCCN1CCCC1.CC(C)C(=O)CC(=O)CCCN1CCCCC1.CC(C)C(=O)CC(=O)CCCN1CCOCC1.CCCC(=O)CC(=O)C(C)C.c1ccncc1. The van der Waals surface area contributed by atoms with Crippen molar-refractivity contribution in [2.24, 2.45) is 35.3 Å². The lowest BCUT2D eigenvalue weighted by Crippen LogP contribution is -2.37. The zero-order chi connectivity index (χ0) is 60.0. The summed E-state index contributed by atoms with van der Waals surface area (Å²) in [5, 5.41) is 0. The number of ketones is 10. The quantitative estimate of drug-likeness (QED) is 0.0662. The molecule has 0 bridgehead atoms. The average Bonchev–Trinajstić information content (AvgIpc) is 3.93. The fraction of sp³-hybridized carbons (Fsp3) is 0.762. The van der Waals surface area contributed by atoms with Gasteiger partial charge in [-0.05, 0) is 122 Å². The van der Waals surface area contributed by atoms with Crippen LogP contribution in [0, 0.1) is 29.6 Å². The van der Waals surface area contributed by atoms with E-state index in [4.69, 9.17) is 10.5 Å². The predicted octanol–water partition coefficient (Wildman–Crippen LogP) is 9.73. The Morgan fingerprint density at radius 2 is 0.684 bits per heavy atom. The monoisotopic (exact) mass is 1110 g/mol. The highest BCUT2D eigenvalue weighted by Crippen LogP contribution is 2.12. The molecule has 3 fully saturated rings. The highest BCUT2D eigenvalue weighted by molar-refractivity contribution is 6.02. The van der Waals surface area contributed by atoms with Crippen LogP contribution in [0.4, 0.5) is 0 Å². The molecule has 16 nitrogen and oxygen atoms in total. The minimum absolute atomic E-state index is 0.00388. The third kappa shape index (κ3) is 47.0. The molecule has 0 amide bonds. The molecule has 0 aliphatic carbocycles. The van der Waals surface area contributed by atoms with Gasteiger partial charge in [0.2, 0.25) is 0 Å². The van der Waals surface area contributed by atoms with Crippen molar-refractivity contribution in [1.82, 2.24) is 19.7 Å². The first-order valence-corrected chi connectivity index (χ1v) is 29.9. The van der Waals surface area contributed by atoms with Crippen LogP contribution in [0.25, 0.3) is 0 Å². The number of carbonyl (C=O) groups is 10. The Balaban J connectivity index is 0. The Kier molecular flexibility index (Phi) is 48.0. The van der Waals surface area contributed by atoms with Crippen LogP contribution >= 0.6 is 0 Å². The first-order chi connectivity index (χ1) is 37.4. The molecule has 0 saturated carbocycles. The second kappa shape index (κ2) is 49.5. The van der Waals surface area contributed by atoms with Gasteiger partial charge in [0, 0.05) is 87.2 Å². The van der Waals surface area contributed by atoms with E-state index >= 15 is 0 Å². The molecule has 0 atom stereocenters. The van der Waals surface area contributed by atoms with Crippen molar-refractivity contribution in [2.75, 3.05) is 78.7 Å². The number of likely N-dealkylation sites (tertiary alicyclic amines) is 2. The van der Waals surface area contributed by atoms with Gasteiger partial charge in [-0.2, -0.15) is 0 Å². The fourth-order valence-electron chi connectivity index (χ4n) is 7.84. The number of pyridine rings is 1. The topological polar surface area (TPSA) is 229 Å². The third-order valence-electron chi connectivity index (χ3n) is 13.4. The lowest BCUT2D eigenvalue weighted by molar-refractivity contribution is -0.130. The van der Waals surface area contributed by atoms with Crippen LogP contribution in [-0.4, -0.2) is 156 Å². The van der Waals surface area contributed by atoms with Crippen LogP contribution in [0.1, 0.15) is 205 Å². The maximum atomic E-state index is 11.6. The molecule has 0 unspecified atom stereocenters. The van der Waals surface area contributed by atoms with Crippen molar-refractivity contribution in [3.05, 3.63) is 30.6 Å². The summed E-state index contributed by atoms with van der Waals surface area (Å²) < 4.78 is 5.25. The molecule has 3 aliphatic rings. The number of Topliss-reactive ketones (excluding diaryl/α,β-unsaturated/α-hetero) is 10. The van der Waals surface area contributed by atoms with Crippen LogP contribution in [0.5, 0.6) is 0 Å². The molecule has 452 valence electrons. The smallest absolute Gasteiger partial charge is 0.142 e. The van der Waals surface area contributed by atoms with Crippen LogP contribution in [0.3, 0.4) is 0 Å². The molecular formula is C63H109N5O11. The highest BCUT2D eigenvalue weighted by Gasteiger charge is 2.18. The standard InChI is InChI=1S/C14H25NO2.C13H23NO3.C13H23NO2.C9H17NO2.C9H16O2.C5H5N/c1-12(2)14(17)11-13(16)7-6-10-15-8-4-3-5-9-15;1-11(2)13(16)10-12(15)4-3-5-14-6-8-17-9-7-14;1-11(2)13(16)10-12(15)6-5-9-14-7-3-4-8-14;1-7(2)9(12)6-8(11)4-3-5-10;1-4-5-8(10)6-9(11)7(2)3;1-2-4-6-5-3-1/h12H,3-11H2,1-2H3;11H,3-10H2,1-2H3;11H,3-10H2,1-2H3;7H,3-6,10H2,1-2H3;7H,4-6H2,1-3H3;1-5H. The minimum Gasteiger partial charge on any atom is -0.379 e. The zero-order valence-corrected chi connectivity index (χ0v) is 51.3. The number of aromatic nitrogens is 1. The van der Waals surface area contributed by atoms with E-state index in [9.17, 15) is 47.9 Å². The third-order valence-corrected chi connectivity index (χ3v) is 13.4. The number of morpholine rings is 1. The van der Waals surface area contributed by atoms with Gasteiger partial charge in [0.15, 0.2) is 0 Å². The van der Waals surface area contributed by atoms with Gasteiger partial charge in [-0.3, -0.25) is 57.8 Å². The molecule has 1 aromatic heterocycles. The molecule has 3 aliphatic heterocycles. The summed E-state index contributed by atoms with van der Waals surface area (Å²) >= 11 is 0. The maximum absolute atomic E-state index is 11.6. The number of hydrogen-bond donors (Lipinski definition) is 1. The summed E-state index contributed by atoms with van der Waals surface area (Å²) in [4.78, 5) is 124. The Morgan fingerprint density at radius 3 is 0.937 bits per heavy atom. The first kappa shape index (κ1) is 76.7. The number of hydrogen-bond acceptors (Lipinski definition) is 16. The van der Waals surface area contributed by atoms with Crippen molar-refractivity contribution < 1.29 is 52.7 Å². The lowest BCUT2D eigenvalue weighted by atomic mass is 10.0. The van der Waals surface area contributed by atoms with Gasteiger partial charge in [0.25, 0.3) is 0 Å².